The lowest BCUT2D eigenvalue weighted by atomic mass is 10.1. The average molecular weight is 419 g/mol. The quantitative estimate of drug-likeness (QED) is 0.744. The minimum Gasteiger partial charge on any atom is -0.493 e. The van der Waals surface area contributed by atoms with E-state index in [0.29, 0.717) is 22.8 Å². The fraction of sp³-hybridized carbons (Fsp3) is 0.263. The normalized spacial score (nSPS) is 11.2. The highest BCUT2D eigenvalue weighted by molar-refractivity contribution is 9.10. The molecule has 7 heteroatoms. The number of halogens is 1. The van der Waals surface area contributed by atoms with Gasteiger partial charge in [-0.15, -0.1) is 0 Å². The van der Waals surface area contributed by atoms with Gasteiger partial charge in [-0.1, -0.05) is 28.1 Å². The smallest absolute Gasteiger partial charge is 0.225 e. The monoisotopic (exact) mass is 418 g/mol. The number of amides is 1. The molecule has 1 unspecified atom stereocenters. The Bertz CT molecular complexity index is 790. The van der Waals surface area contributed by atoms with Gasteiger partial charge in [0.1, 0.15) is 6.04 Å². The highest BCUT2D eigenvalue weighted by atomic mass is 79.9. The molecule has 1 N–H and O–H groups in total. The van der Waals surface area contributed by atoms with Crippen LogP contribution in [0.1, 0.15) is 17.2 Å². The molecule has 1 amide bonds. The molecule has 0 aliphatic heterocycles. The van der Waals surface area contributed by atoms with E-state index in [2.05, 4.69) is 27.3 Å². The molecule has 0 saturated carbocycles. The Morgan fingerprint density at radius 1 is 1.12 bits per heavy atom. The fourth-order valence-corrected chi connectivity index (χ4v) is 2.72. The number of methoxy groups -OCH3 is 3. The van der Waals surface area contributed by atoms with E-state index in [1.54, 1.807) is 12.1 Å². The maximum absolute atomic E-state index is 12.3. The summed E-state index contributed by atoms with van der Waals surface area (Å²) in [5, 5.41) is 12.2. The molecule has 0 bridgehead atoms. The van der Waals surface area contributed by atoms with E-state index in [9.17, 15) is 10.1 Å². The van der Waals surface area contributed by atoms with E-state index in [4.69, 9.17) is 14.2 Å². The third kappa shape index (κ3) is 4.67. The molecule has 2 rings (SSSR count). The van der Waals surface area contributed by atoms with Gasteiger partial charge in [-0.05, 0) is 35.4 Å². The van der Waals surface area contributed by atoms with Crippen LogP contribution < -0.4 is 19.5 Å². The van der Waals surface area contributed by atoms with E-state index >= 15 is 0 Å². The average Bonchev–Trinajstić information content (AvgIpc) is 2.66. The predicted molar refractivity (Wildman–Crippen MR) is 100 cm³/mol. The first-order valence-electron chi connectivity index (χ1n) is 7.75. The van der Waals surface area contributed by atoms with E-state index in [1.165, 1.54) is 21.3 Å². The lowest BCUT2D eigenvalue weighted by molar-refractivity contribution is -0.120. The first kappa shape index (κ1) is 19.6. The predicted octanol–water partition coefficient (Wildman–Crippen LogP) is 3.40. The van der Waals surface area contributed by atoms with Crippen LogP contribution in [0.2, 0.25) is 0 Å². The summed E-state index contributed by atoms with van der Waals surface area (Å²) in [4.78, 5) is 12.3. The molecule has 0 aliphatic carbocycles. The van der Waals surface area contributed by atoms with Crippen molar-refractivity contribution >= 4 is 21.8 Å². The minimum absolute atomic E-state index is 0.176. The highest BCUT2D eigenvalue weighted by Crippen LogP contribution is 2.39. The summed E-state index contributed by atoms with van der Waals surface area (Å²) in [6, 6.07) is 12.0. The molecule has 0 saturated heterocycles. The standard InChI is InChI=1S/C19H19BrN2O4/c1-24-16-9-13(10-17(25-2)19(16)26-3)15(11-21)22-18(23)8-12-4-6-14(20)7-5-12/h4-7,9-10,15H,8H2,1-3H3,(H,22,23). The van der Waals surface area contributed by atoms with Crippen molar-refractivity contribution in [1.82, 2.24) is 5.32 Å². The molecule has 0 spiro atoms. The summed E-state index contributed by atoms with van der Waals surface area (Å²) >= 11 is 3.36. The third-order valence-electron chi connectivity index (χ3n) is 3.73. The number of carbonyl (C=O) groups is 1. The van der Waals surface area contributed by atoms with Crippen molar-refractivity contribution in [3.05, 3.63) is 52.0 Å². The lowest BCUT2D eigenvalue weighted by Crippen LogP contribution is -2.29. The lowest BCUT2D eigenvalue weighted by Gasteiger charge is -2.17. The second kappa shape index (κ2) is 9.11. The molecular formula is C19H19BrN2O4. The van der Waals surface area contributed by atoms with Gasteiger partial charge in [-0.3, -0.25) is 4.79 Å². The molecule has 0 aromatic heterocycles. The summed E-state index contributed by atoms with van der Waals surface area (Å²) in [7, 11) is 4.49. The maximum Gasteiger partial charge on any atom is 0.225 e. The van der Waals surface area contributed by atoms with E-state index in [-0.39, 0.29) is 12.3 Å². The Morgan fingerprint density at radius 2 is 1.69 bits per heavy atom. The van der Waals surface area contributed by atoms with Crippen LogP contribution in [0.5, 0.6) is 17.2 Å². The van der Waals surface area contributed by atoms with Gasteiger partial charge >= 0.3 is 0 Å². The van der Waals surface area contributed by atoms with Gasteiger partial charge < -0.3 is 19.5 Å². The summed E-state index contributed by atoms with van der Waals surface area (Å²) in [6.07, 6.45) is 0.176. The first-order chi connectivity index (χ1) is 12.5. The number of nitrogens with one attached hydrogen (secondary N) is 1. The summed E-state index contributed by atoms with van der Waals surface area (Å²) < 4.78 is 16.8. The topological polar surface area (TPSA) is 80.6 Å². The molecule has 0 heterocycles. The number of rotatable bonds is 7. The molecule has 136 valence electrons. The van der Waals surface area contributed by atoms with Crippen LogP contribution in [0.4, 0.5) is 0 Å². The van der Waals surface area contributed by atoms with E-state index < -0.39 is 6.04 Å². The number of hydrogen-bond donors (Lipinski definition) is 1. The van der Waals surface area contributed by atoms with Gasteiger partial charge in [0.05, 0.1) is 33.8 Å². The van der Waals surface area contributed by atoms with Crippen molar-refractivity contribution in [2.24, 2.45) is 0 Å². The van der Waals surface area contributed by atoms with Gasteiger partial charge in [0.15, 0.2) is 11.5 Å². The van der Waals surface area contributed by atoms with Crippen LogP contribution in [0.3, 0.4) is 0 Å². The number of benzene rings is 2. The van der Waals surface area contributed by atoms with Gasteiger partial charge in [-0.2, -0.15) is 5.26 Å². The van der Waals surface area contributed by atoms with Gasteiger partial charge in [-0.25, -0.2) is 0 Å². The Labute approximate surface area is 160 Å². The molecular weight excluding hydrogens is 400 g/mol. The van der Waals surface area contributed by atoms with Gasteiger partial charge in [0.2, 0.25) is 11.7 Å². The number of carbonyl (C=O) groups excluding carboxylic acids is 1. The third-order valence-corrected chi connectivity index (χ3v) is 4.26. The van der Waals surface area contributed by atoms with Crippen LogP contribution in [0.15, 0.2) is 40.9 Å². The second-order valence-electron chi connectivity index (χ2n) is 5.39. The molecule has 26 heavy (non-hydrogen) atoms. The van der Waals surface area contributed by atoms with Crippen LogP contribution in [-0.2, 0) is 11.2 Å². The van der Waals surface area contributed by atoms with E-state index in [0.717, 1.165) is 10.0 Å². The number of hydrogen-bond acceptors (Lipinski definition) is 5. The van der Waals surface area contributed by atoms with Crippen LogP contribution in [-0.4, -0.2) is 27.2 Å². The SMILES string of the molecule is COc1cc(C(C#N)NC(=O)Cc2ccc(Br)cc2)cc(OC)c1OC. The Hall–Kier alpha value is -2.72. The fourth-order valence-electron chi connectivity index (χ4n) is 2.46. The zero-order valence-corrected chi connectivity index (χ0v) is 16.3. The second-order valence-corrected chi connectivity index (χ2v) is 6.31. The van der Waals surface area contributed by atoms with Crippen molar-refractivity contribution in [1.29, 1.82) is 5.26 Å². The molecule has 6 nitrogen and oxygen atoms in total. The molecule has 2 aromatic carbocycles. The molecule has 0 fully saturated rings. The van der Waals surface area contributed by atoms with Crippen LogP contribution in [0.25, 0.3) is 0 Å². The number of ether oxygens (including phenoxy) is 3. The molecule has 1 atom stereocenters. The Balaban J connectivity index is 2.21. The Morgan fingerprint density at radius 3 is 2.15 bits per heavy atom. The van der Waals surface area contributed by atoms with Gasteiger partial charge in [0.25, 0.3) is 0 Å². The van der Waals surface area contributed by atoms with Crippen LogP contribution in [0, 0.1) is 11.3 Å². The first-order valence-corrected chi connectivity index (χ1v) is 8.55. The number of nitrogens with zero attached hydrogens (tertiary/aromatic N) is 1. The van der Waals surface area contributed by atoms with Crippen molar-refractivity contribution in [3.8, 4) is 23.3 Å². The summed E-state index contributed by atoms with van der Waals surface area (Å²) in [5.41, 5.74) is 1.40. The largest absolute Gasteiger partial charge is 0.493 e. The molecule has 0 aliphatic rings. The Kier molecular flexibility index (Phi) is 6.87. The molecule has 2 aromatic rings. The molecule has 0 radical (unpaired) electrons. The number of nitriles is 1. The zero-order valence-electron chi connectivity index (χ0n) is 14.7. The van der Waals surface area contributed by atoms with Crippen LogP contribution >= 0.6 is 15.9 Å². The van der Waals surface area contributed by atoms with Crippen molar-refractivity contribution in [2.75, 3.05) is 21.3 Å². The summed E-state index contributed by atoms with van der Waals surface area (Å²) in [5.74, 6) is 1.01. The van der Waals surface area contributed by atoms with Gasteiger partial charge in [0, 0.05) is 4.47 Å². The summed E-state index contributed by atoms with van der Waals surface area (Å²) in [6.45, 7) is 0. The maximum atomic E-state index is 12.3. The van der Waals surface area contributed by atoms with Crippen molar-refractivity contribution in [3.63, 3.8) is 0 Å². The zero-order chi connectivity index (χ0) is 19.1. The highest BCUT2D eigenvalue weighted by Gasteiger charge is 2.20. The minimum atomic E-state index is -0.841. The van der Waals surface area contributed by atoms with Crippen molar-refractivity contribution < 1.29 is 19.0 Å². The van der Waals surface area contributed by atoms with Crippen molar-refractivity contribution in [2.45, 2.75) is 12.5 Å². The van der Waals surface area contributed by atoms with E-state index in [1.807, 2.05) is 24.3 Å².